The first-order valence-corrected chi connectivity index (χ1v) is 5.93. The number of anilines is 1. The second-order valence-corrected chi connectivity index (χ2v) is 5.20. The number of hydrogen-bond donors (Lipinski definition) is 2. The maximum atomic E-state index is 12.7. The topological polar surface area (TPSA) is 64.3 Å². The van der Waals surface area contributed by atoms with Crippen molar-refractivity contribution >= 4 is 11.8 Å². The fourth-order valence-electron chi connectivity index (χ4n) is 1.54. The maximum Gasteiger partial charge on any atom is 0.416 e. The molecule has 0 spiro atoms. The SMILES string of the molecule is CC(C)(C)OC(=O)Nc1ccc(C(F)(F)F)c(CN)c1. The van der Waals surface area contributed by atoms with E-state index in [0.29, 0.717) is 0 Å². The molecule has 0 aromatic heterocycles. The number of hydrogen-bond acceptors (Lipinski definition) is 3. The number of nitrogens with two attached hydrogens (primary N) is 1. The maximum absolute atomic E-state index is 12.7. The minimum absolute atomic E-state index is 0.0916. The van der Waals surface area contributed by atoms with Crippen LogP contribution in [0.25, 0.3) is 0 Å². The molecule has 0 fully saturated rings. The van der Waals surface area contributed by atoms with Crippen LogP contribution < -0.4 is 11.1 Å². The van der Waals surface area contributed by atoms with Crippen LogP contribution in [0.5, 0.6) is 0 Å². The van der Waals surface area contributed by atoms with E-state index >= 15 is 0 Å². The number of halogens is 3. The monoisotopic (exact) mass is 290 g/mol. The molecular formula is C13H17F3N2O2. The van der Waals surface area contributed by atoms with Crippen LogP contribution in [-0.2, 0) is 17.5 Å². The molecule has 1 amide bonds. The van der Waals surface area contributed by atoms with Gasteiger partial charge in [-0.05, 0) is 44.5 Å². The van der Waals surface area contributed by atoms with Gasteiger partial charge in [0.1, 0.15) is 5.60 Å². The Kier molecular flexibility index (Phi) is 4.65. The second-order valence-electron chi connectivity index (χ2n) is 5.20. The van der Waals surface area contributed by atoms with Gasteiger partial charge in [0.2, 0.25) is 0 Å². The van der Waals surface area contributed by atoms with E-state index in [0.717, 1.165) is 12.1 Å². The van der Waals surface area contributed by atoms with Gasteiger partial charge in [0, 0.05) is 12.2 Å². The van der Waals surface area contributed by atoms with Gasteiger partial charge in [-0.25, -0.2) is 4.79 Å². The smallest absolute Gasteiger partial charge is 0.416 e. The lowest BCUT2D eigenvalue weighted by Crippen LogP contribution is -2.27. The molecule has 112 valence electrons. The molecule has 0 saturated carbocycles. The minimum Gasteiger partial charge on any atom is -0.444 e. The van der Waals surface area contributed by atoms with Gasteiger partial charge in [-0.3, -0.25) is 5.32 Å². The van der Waals surface area contributed by atoms with Crippen LogP contribution >= 0.6 is 0 Å². The van der Waals surface area contributed by atoms with E-state index in [4.69, 9.17) is 10.5 Å². The second kappa shape index (κ2) is 5.70. The highest BCUT2D eigenvalue weighted by molar-refractivity contribution is 5.85. The summed E-state index contributed by atoms with van der Waals surface area (Å²) in [7, 11) is 0. The summed E-state index contributed by atoms with van der Waals surface area (Å²) >= 11 is 0. The quantitative estimate of drug-likeness (QED) is 0.876. The molecule has 0 bridgehead atoms. The molecule has 4 nitrogen and oxygen atoms in total. The third-order valence-electron chi connectivity index (χ3n) is 2.28. The number of nitrogens with one attached hydrogen (secondary N) is 1. The summed E-state index contributed by atoms with van der Waals surface area (Å²) < 4.78 is 43.1. The van der Waals surface area contributed by atoms with Crippen molar-refractivity contribution in [3.63, 3.8) is 0 Å². The van der Waals surface area contributed by atoms with E-state index in [2.05, 4.69) is 5.32 Å². The van der Waals surface area contributed by atoms with E-state index in [1.54, 1.807) is 20.8 Å². The predicted molar refractivity (Wildman–Crippen MR) is 69.2 cm³/mol. The Bertz CT molecular complexity index is 493. The minimum atomic E-state index is -4.47. The molecule has 1 aromatic rings. The van der Waals surface area contributed by atoms with Crippen molar-refractivity contribution in [2.24, 2.45) is 5.73 Å². The van der Waals surface area contributed by atoms with E-state index in [1.165, 1.54) is 6.07 Å². The molecule has 1 rings (SSSR count). The Morgan fingerprint density at radius 3 is 2.35 bits per heavy atom. The predicted octanol–water partition coefficient (Wildman–Crippen LogP) is 3.51. The van der Waals surface area contributed by atoms with Crippen molar-refractivity contribution in [1.29, 1.82) is 0 Å². The highest BCUT2D eigenvalue weighted by atomic mass is 19.4. The largest absolute Gasteiger partial charge is 0.444 e. The van der Waals surface area contributed by atoms with E-state index in [9.17, 15) is 18.0 Å². The first-order valence-electron chi connectivity index (χ1n) is 5.93. The van der Waals surface area contributed by atoms with Crippen molar-refractivity contribution in [1.82, 2.24) is 0 Å². The van der Waals surface area contributed by atoms with E-state index in [-0.39, 0.29) is 17.8 Å². The molecule has 0 aliphatic carbocycles. The van der Waals surface area contributed by atoms with Gasteiger partial charge >= 0.3 is 12.3 Å². The third kappa shape index (κ3) is 4.73. The van der Waals surface area contributed by atoms with Gasteiger partial charge < -0.3 is 10.5 Å². The zero-order valence-corrected chi connectivity index (χ0v) is 11.5. The number of alkyl halides is 3. The number of ether oxygens (including phenoxy) is 1. The van der Waals surface area contributed by atoms with Crippen LogP contribution in [0.1, 0.15) is 31.9 Å². The van der Waals surface area contributed by atoms with E-state index < -0.39 is 23.4 Å². The van der Waals surface area contributed by atoms with Gasteiger partial charge in [0.15, 0.2) is 0 Å². The van der Waals surface area contributed by atoms with Gasteiger partial charge in [0.25, 0.3) is 0 Å². The lowest BCUT2D eigenvalue weighted by molar-refractivity contribution is -0.138. The summed E-state index contributed by atoms with van der Waals surface area (Å²) in [6.45, 7) is 4.78. The first-order chi connectivity index (χ1) is 9.03. The standard InChI is InChI=1S/C13H17F3N2O2/c1-12(2,3)20-11(19)18-9-4-5-10(13(14,15)16)8(6-9)7-17/h4-6H,7,17H2,1-3H3,(H,18,19). The van der Waals surface area contributed by atoms with Crippen molar-refractivity contribution in [3.8, 4) is 0 Å². The van der Waals surface area contributed by atoms with Crippen molar-refractivity contribution < 1.29 is 22.7 Å². The average molecular weight is 290 g/mol. The summed E-state index contributed by atoms with van der Waals surface area (Å²) in [5.74, 6) is 0. The fourth-order valence-corrected chi connectivity index (χ4v) is 1.54. The molecule has 0 atom stereocenters. The molecule has 3 N–H and O–H groups in total. The molecule has 0 aliphatic heterocycles. The van der Waals surface area contributed by atoms with Crippen LogP contribution in [0.2, 0.25) is 0 Å². The van der Waals surface area contributed by atoms with Gasteiger partial charge in [-0.1, -0.05) is 0 Å². The highest BCUT2D eigenvalue weighted by Crippen LogP contribution is 2.33. The number of carbonyl (C=O) groups is 1. The average Bonchev–Trinajstić information content (AvgIpc) is 2.24. The van der Waals surface area contributed by atoms with Crippen molar-refractivity contribution in [2.75, 3.05) is 5.32 Å². The lowest BCUT2D eigenvalue weighted by atomic mass is 10.1. The fraction of sp³-hybridized carbons (Fsp3) is 0.462. The van der Waals surface area contributed by atoms with Gasteiger partial charge in [-0.15, -0.1) is 0 Å². The molecule has 0 radical (unpaired) electrons. The van der Waals surface area contributed by atoms with Crippen LogP contribution in [0.15, 0.2) is 18.2 Å². The number of rotatable bonds is 2. The van der Waals surface area contributed by atoms with Crippen LogP contribution in [-0.4, -0.2) is 11.7 Å². The Hall–Kier alpha value is -1.76. The normalized spacial score (nSPS) is 12.2. The van der Waals surface area contributed by atoms with Crippen molar-refractivity contribution in [2.45, 2.75) is 39.1 Å². The molecular weight excluding hydrogens is 273 g/mol. The molecule has 7 heteroatoms. The molecule has 0 aliphatic rings. The Balaban J connectivity index is 2.92. The highest BCUT2D eigenvalue weighted by Gasteiger charge is 2.33. The lowest BCUT2D eigenvalue weighted by Gasteiger charge is -2.20. The van der Waals surface area contributed by atoms with E-state index in [1.807, 2.05) is 0 Å². The molecule has 20 heavy (non-hydrogen) atoms. The summed E-state index contributed by atoms with van der Waals surface area (Å²) in [6.07, 6.45) is -5.21. The summed E-state index contributed by atoms with van der Waals surface area (Å²) in [5, 5.41) is 2.37. The number of benzene rings is 1. The Morgan fingerprint density at radius 2 is 1.90 bits per heavy atom. The Labute approximate surface area is 115 Å². The van der Waals surface area contributed by atoms with Gasteiger partial charge in [0.05, 0.1) is 5.56 Å². The van der Waals surface area contributed by atoms with Crippen LogP contribution in [0.3, 0.4) is 0 Å². The Morgan fingerprint density at radius 1 is 1.30 bits per heavy atom. The summed E-state index contributed by atoms with van der Waals surface area (Å²) in [6, 6.07) is 3.23. The number of carbonyl (C=O) groups excluding carboxylic acids is 1. The number of amides is 1. The van der Waals surface area contributed by atoms with Crippen LogP contribution in [0.4, 0.5) is 23.7 Å². The third-order valence-corrected chi connectivity index (χ3v) is 2.28. The van der Waals surface area contributed by atoms with Gasteiger partial charge in [-0.2, -0.15) is 13.2 Å². The molecule has 0 unspecified atom stereocenters. The molecule has 1 aromatic carbocycles. The molecule has 0 heterocycles. The molecule has 0 saturated heterocycles. The summed E-state index contributed by atoms with van der Waals surface area (Å²) in [5.41, 5.74) is 3.92. The zero-order valence-electron chi connectivity index (χ0n) is 11.5. The summed E-state index contributed by atoms with van der Waals surface area (Å²) in [4.78, 5) is 11.5. The zero-order chi connectivity index (χ0) is 15.6. The first kappa shape index (κ1) is 16.3. The van der Waals surface area contributed by atoms with Crippen molar-refractivity contribution in [3.05, 3.63) is 29.3 Å². The van der Waals surface area contributed by atoms with Crippen LogP contribution in [0, 0.1) is 0 Å².